The Hall–Kier alpha value is -2.33. The van der Waals surface area contributed by atoms with Crippen LogP contribution in [0.15, 0.2) is 48.5 Å². The van der Waals surface area contributed by atoms with Crippen LogP contribution < -0.4 is 10.1 Å². The van der Waals surface area contributed by atoms with E-state index >= 15 is 0 Å². The lowest BCUT2D eigenvalue weighted by atomic mass is 10.0. The normalized spacial score (nSPS) is 10.8. The zero-order valence-electron chi connectivity index (χ0n) is 16.0. The summed E-state index contributed by atoms with van der Waals surface area (Å²) in [5.41, 5.74) is 3.54. The second-order valence-electron chi connectivity index (χ2n) is 6.66. The van der Waals surface area contributed by atoms with Gasteiger partial charge in [-0.15, -0.1) is 0 Å². The summed E-state index contributed by atoms with van der Waals surface area (Å²) in [5.74, 6) is 1.38. The van der Waals surface area contributed by atoms with Crippen molar-refractivity contribution in [2.75, 3.05) is 20.3 Å². The fraction of sp³-hybridized carbons (Fsp3) is 0.409. The molecule has 0 aromatic heterocycles. The molecule has 26 heavy (non-hydrogen) atoms. The van der Waals surface area contributed by atoms with E-state index in [1.54, 1.807) is 7.11 Å². The Labute approximate surface area is 156 Å². The molecule has 0 aliphatic carbocycles. The molecule has 2 aromatic carbocycles. The van der Waals surface area contributed by atoms with Crippen LogP contribution >= 0.6 is 0 Å². The van der Waals surface area contributed by atoms with Crippen molar-refractivity contribution >= 4 is 5.91 Å². The molecule has 0 aliphatic rings. The Balaban J connectivity index is 1.75. The molecular formula is C22H29NO3. The molecular weight excluding hydrogens is 326 g/mol. The van der Waals surface area contributed by atoms with Crippen molar-refractivity contribution in [2.24, 2.45) is 0 Å². The second-order valence-corrected chi connectivity index (χ2v) is 6.66. The molecule has 4 nitrogen and oxygen atoms in total. The Kier molecular flexibility index (Phi) is 8.16. The van der Waals surface area contributed by atoms with E-state index in [4.69, 9.17) is 9.47 Å². The first-order chi connectivity index (χ1) is 12.6. The van der Waals surface area contributed by atoms with Crippen molar-refractivity contribution in [3.05, 3.63) is 65.2 Å². The van der Waals surface area contributed by atoms with Gasteiger partial charge < -0.3 is 14.8 Å². The minimum Gasteiger partial charge on any atom is -0.491 e. The largest absolute Gasteiger partial charge is 0.491 e. The van der Waals surface area contributed by atoms with Crippen LogP contribution in [-0.4, -0.2) is 26.2 Å². The molecule has 1 N–H and O–H groups in total. The van der Waals surface area contributed by atoms with Crippen molar-refractivity contribution in [3.8, 4) is 5.75 Å². The minimum atomic E-state index is 0.0589. The van der Waals surface area contributed by atoms with Gasteiger partial charge in [0.25, 0.3) is 0 Å². The summed E-state index contributed by atoms with van der Waals surface area (Å²) >= 11 is 0. The van der Waals surface area contributed by atoms with Gasteiger partial charge in [-0.25, -0.2) is 0 Å². The number of hydrogen-bond donors (Lipinski definition) is 1. The summed E-state index contributed by atoms with van der Waals surface area (Å²) < 4.78 is 10.6. The predicted molar refractivity (Wildman–Crippen MR) is 105 cm³/mol. The van der Waals surface area contributed by atoms with Gasteiger partial charge in [0.1, 0.15) is 12.4 Å². The zero-order valence-corrected chi connectivity index (χ0v) is 16.0. The number of benzene rings is 2. The number of rotatable bonds is 10. The summed E-state index contributed by atoms with van der Waals surface area (Å²) in [6, 6.07) is 16.3. The number of amides is 1. The first-order valence-corrected chi connectivity index (χ1v) is 9.14. The molecule has 0 saturated carbocycles. The summed E-state index contributed by atoms with van der Waals surface area (Å²) in [7, 11) is 1.65. The Bertz CT molecular complexity index is 680. The summed E-state index contributed by atoms with van der Waals surface area (Å²) in [4.78, 5) is 12.1. The highest BCUT2D eigenvalue weighted by atomic mass is 16.5. The maximum Gasteiger partial charge on any atom is 0.220 e. The Morgan fingerprint density at radius 1 is 1.04 bits per heavy atom. The molecule has 140 valence electrons. The van der Waals surface area contributed by atoms with E-state index in [0.29, 0.717) is 32.1 Å². The summed E-state index contributed by atoms with van der Waals surface area (Å²) in [6.45, 7) is 5.94. The lowest BCUT2D eigenvalue weighted by Gasteiger charge is -2.09. The highest BCUT2D eigenvalue weighted by molar-refractivity contribution is 5.76. The van der Waals surface area contributed by atoms with Crippen molar-refractivity contribution in [1.82, 2.24) is 5.32 Å². The summed E-state index contributed by atoms with van der Waals surface area (Å²) in [5, 5.41) is 2.97. The van der Waals surface area contributed by atoms with Crippen molar-refractivity contribution in [3.63, 3.8) is 0 Å². The topological polar surface area (TPSA) is 47.6 Å². The predicted octanol–water partition coefficient (Wildman–Crippen LogP) is 4.08. The van der Waals surface area contributed by atoms with E-state index in [1.807, 2.05) is 24.3 Å². The first-order valence-electron chi connectivity index (χ1n) is 9.14. The van der Waals surface area contributed by atoms with Gasteiger partial charge in [0.05, 0.1) is 6.61 Å². The van der Waals surface area contributed by atoms with Crippen molar-refractivity contribution in [2.45, 2.75) is 39.2 Å². The van der Waals surface area contributed by atoms with Crippen LogP contribution in [0, 0.1) is 0 Å². The van der Waals surface area contributed by atoms with E-state index in [1.165, 1.54) is 11.1 Å². The maximum absolute atomic E-state index is 12.1. The van der Waals surface area contributed by atoms with E-state index in [9.17, 15) is 4.79 Å². The van der Waals surface area contributed by atoms with Crippen molar-refractivity contribution < 1.29 is 14.3 Å². The number of carbonyl (C=O) groups is 1. The number of carbonyl (C=O) groups excluding carboxylic acids is 1. The van der Waals surface area contributed by atoms with Gasteiger partial charge in [-0.3, -0.25) is 4.79 Å². The molecule has 0 radical (unpaired) electrons. The SMILES string of the molecule is COCCOc1cccc(CNC(=O)CCc2ccc(C(C)C)cc2)c1. The van der Waals surface area contributed by atoms with Gasteiger partial charge in [0.2, 0.25) is 5.91 Å². The van der Waals surface area contributed by atoms with E-state index in [-0.39, 0.29) is 5.91 Å². The van der Waals surface area contributed by atoms with Crippen LogP contribution in [0.25, 0.3) is 0 Å². The number of hydrogen-bond acceptors (Lipinski definition) is 3. The zero-order chi connectivity index (χ0) is 18.8. The fourth-order valence-electron chi connectivity index (χ4n) is 2.60. The summed E-state index contributed by atoms with van der Waals surface area (Å²) in [6.07, 6.45) is 1.25. The van der Waals surface area contributed by atoms with Gasteiger partial charge in [0.15, 0.2) is 0 Å². The Morgan fingerprint density at radius 2 is 1.81 bits per heavy atom. The van der Waals surface area contributed by atoms with E-state index < -0.39 is 0 Å². The highest BCUT2D eigenvalue weighted by Gasteiger charge is 2.05. The average molecular weight is 355 g/mol. The number of nitrogens with one attached hydrogen (secondary N) is 1. The van der Waals surface area contributed by atoms with Gasteiger partial charge >= 0.3 is 0 Å². The quantitative estimate of drug-likeness (QED) is 0.653. The highest BCUT2D eigenvalue weighted by Crippen LogP contribution is 2.16. The molecule has 4 heteroatoms. The van der Waals surface area contributed by atoms with E-state index in [0.717, 1.165) is 17.7 Å². The average Bonchev–Trinajstić information content (AvgIpc) is 2.65. The molecule has 0 heterocycles. The van der Waals surface area contributed by atoms with Gasteiger partial charge in [-0.2, -0.15) is 0 Å². The van der Waals surface area contributed by atoms with Crippen LogP contribution in [0.1, 0.15) is 42.9 Å². The standard InChI is InChI=1S/C22H29NO3/c1-17(2)20-10-7-18(8-11-20)9-12-22(24)23-16-19-5-4-6-21(15-19)26-14-13-25-3/h4-8,10-11,15,17H,9,12-14,16H2,1-3H3,(H,23,24). The fourth-order valence-corrected chi connectivity index (χ4v) is 2.60. The van der Waals surface area contributed by atoms with Crippen LogP contribution in [0.2, 0.25) is 0 Å². The molecule has 1 amide bonds. The minimum absolute atomic E-state index is 0.0589. The lowest BCUT2D eigenvalue weighted by molar-refractivity contribution is -0.121. The lowest BCUT2D eigenvalue weighted by Crippen LogP contribution is -2.23. The second kappa shape index (κ2) is 10.6. The molecule has 2 rings (SSSR count). The molecule has 0 spiro atoms. The van der Waals surface area contributed by atoms with Gasteiger partial charge in [-0.05, 0) is 41.2 Å². The molecule has 0 unspecified atom stereocenters. The van der Waals surface area contributed by atoms with Crippen LogP contribution in [0.4, 0.5) is 0 Å². The molecule has 0 atom stereocenters. The van der Waals surface area contributed by atoms with Crippen LogP contribution in [0.3, 0.4) is 0 Å². The third kappa shape index (κ3) is 6.89. The van der Waals surface area contributed by atoms with Crippen molar-refractivity contribution in [1.29, 1.82) is 0 Å². The van der Waals surface area contributed by atoms with Crippen LogP contribution in [0.5, 0.6) is 5.75 Å². The molecule has 0 saturated heterocycles. The molecule has 2 aromatic rings. The third-order valence-corrected chi connectivity index (χ3v) is 4.23. The first kappa shape index (κ1) is 20.0. The van der Waals surface area contributed by atoms with Crippen LogP contribution in [-0.2, 0) is 22.5 Å². The molecule has 0 bridgehead atoms. The monoisotopic (exact) mass is 355 g/mol. The number of methoxy groups -OCH3 is 1. The molecule has 0 aliphatic heterocycles. The van der Waals surface area contributed by atoms with Gasteiger partial charge in [0, 0.05) is 20.1 Å². The Morgan fingerprint density at radius 3 is 2.50 bits per heavy atom. The van der Waals surface area contributed by atoms with Gasteiger partial charge in [-0.1, -0.05) is 50.2 Å². The third-order valence-electron chi connectivity index (χ3n) is 4.23. The van der Waals surface area contributed by atoms with E-state index in [2.05, 4.69) is 43.4 Å². The maximum atomic E-state index is 12.1. The number of aryl methyl sites for hydroxylation is 1. The molecule has 0 fully saturated rings. The number of ether oxygens (including phenoxy) is 2. The smallest absolute Gasteiger partial charge is 0.220 e.